The zero-order valence-corrected chi connectivity index (χ0v) is 13.3. The van der Waals surface area contributed by atoms with Crippen molar-refractivity contribution >= 4 is 16.9 Å². The molecule has 0 saturated carbocycles. The van der Waals surface area contributed by atoms with Gasteiger partial charge in [0.2, 0.25) is 0 Å². The summed E-state index contributed by atoms with van der Waals surface area (Å²) in [5, 5.41) is 0.540. The predicted molar refractivity (Wildman–Crippen MR) is 81.2 cm³/mol. The highest BCUT2D eigenvalue weighted by Gasteiger charge is 2.21. The summed E-state index contributed by atoms with van der Waals surface area (Å²) in [4.78, 5) is 15.7. The number of esters is 1. The van der Waals surface area contributed by atoms with Gasteiger partial charge in [0.15, 0.2) is 0 Å². The number of pyridine rings is 1. The molecule has 0 saturated heterocycles. The average Bonchev–Trinajstić information content (AvgIpc) is 2.34. The van der Waals surface area contributed by atoms with Gasteiger partial charge < -0.3 is 4.74 Å². The van der Waals surface area contributed by atoms with Crippen LogP contribution in [0.1, 0.15) is 44.5 Å². The number of nitrogens with zero attached hydrogens (tertiary/aromatic N) is 1. The van der Waals surface area contributed by atoms with Crippen LogP contribution in [0.3, 0.4) is 0 Å². The van der Waals surface area contributed by atoms with Crippen molar-refractivity contribution in [2.24, 2.45) is 0 Å². The summed E-state index contributed by atoms with van der Waals surface area (Å²) in [6.07, 6.45) is 0. The first kappa shape index (κ1) is 15.4. The van der Waals surface area contributed by atoms with Crippen LogP contribution < -0.4 is 4.74 Å². The zero-order valence-electron chi connectivity index (χ0n) is 13.3. The molecule has 0 unspecified atom stereocenters. The van der Waals surface area contributed by atoms with Crippen molar-refractivity contribution in [3.05, 3.63) is 34.8 Å². The molecule has 1 aromatic carbocycles. The molecule has 2 rings (SSSR count). The van der Waals surface area contributed by atoms with Crippen LogP contribution >= 0.6 is 0 Å². The lowest BCUT2D eigenvalue weighted by molar-refractivity contribution is -0.131. The van der Waals surface area contributed by atoms with Crippen molar-refractivity contribution < 1.29 is 13.9 Å². The fourth-order valence-corrected chi connectivity index (χ4v) is 2.21. The maximum Gasteiger partial charge on any atom is 0.308 e. The number of carbonyl (C=O) groups excluding carboxylic acids is 1. The van der Waals surface area contributed by atoms with E-state index in [1.807, 2.05) is 33.8 Å². The second-order valence-electron chi connectivity index (χ2n) is 6.35. The lowest BCUT2D eigenvalue weighted by Gasteiger charge is -2.21. The SMILES string of the molecule is CC(=O)Oc1c(C)c(C)nc2c(F)cc(C(C)(C)C)cc12. The number of rotatable bonds is 1. The molecule has 0 aliphatic rings. The largest absolute Gasteiger partial charge is 0.426 e. The van der Waals surface area contributed by atoms with Crippen molar-refractivity contribution in [2.75, 3.05) is 0 Å². The Balaban J connectivity index is 2.87. The first-order valence-electron chi connectivity index (χ1n) is 6.90. The summed E-state index contributed by atoms with van der Waals surface area (Å²) in [6.45, 7) is 11.0. The molecule has 0 aliphatic carbocycles. The minimum atomic E-state index is -0.424. The first-order chi connectivity index (χ1) is 9.61. The maximum atomic E-state index is 14.4. The van der Waals surface area contributed by atoms with E-state index in [9.17, 15) is 9.18 Å². The van der Waals surface area contributed by atoms with Crippen LogP contribution in [0.5, 0.6) is 5.75 Å². The molecular formula is C17H20FNO2. The quantitative estimate of drug-likeness (QED) is 0.738. The Bertz CT molecular complexity index is 730. The summed E-state index contributed by atoms with van der Waals surface area (Å²) in [5.74, 6) is -0.421. The van der Waals surface area contributed by atoms with E-state index in [1.54, 1.807) is 6.92 Å². The molecular weight excluding hydrogens is 269 g/mol. The van der Waals surface area contributed by atoms with Crippen LogP contribution in [0.25, 0.3) is 10.9 Å². The molecule has 4 heteroatoms. The number of aromatic nitrogens is 1. The molecule has 1 aromatic heterocycles. The number of carbonyl (C=O) groups is 1. The van der Waals surface area contributed by atoms with Crippen LogP contribution in [-0.2, 0) is 10.2 Å². The van der Waals surface area contributed by atoms with Gasteiger partial charge in [-0.15, -0.1) is 0 Å². The van der Waals surface area contributed by atoms with E-state index < -0.39 is 11.8 Å². The van der Waals surface area contributed by atoms with Gasteiger partial charge in [-0.2, -0.15) is 0 Å². The minimum absolute atomic E-state index is 0.207. The Labute approximate surface area is 124 Å². The molecule has 0 fully saturated rings. The van der Waals surface area contributed by atoms with Gasteiger partial charge in [0.05, 0.1) is 0 Å². The van der Waals surface area contributed by atoms with Gasteiger partial charge in [-0.25, -0.2) is 9.37 Å². The van der Waals surface area contributed by atoms with Gasteiger partial charge in [0.25, 0.3) is 0 Å². The summed E-state index contributed by atoms with van der Waals surface area (Å²) < 4.78 is 19.7. The molecule has 0 bridgehead atoms. The van der Waals surface area contributed by atoms with Crippen LogP contribution in [0.4, 0.5) is 4.39 Å². The summed E-state index contributed by atoms with van der Waals surface area (Å²) in [5.41, 5.74) is 2.28. The van der Waals surface area contributed by atoms with Crippen LogP contribution in [0, 0.1) is 19.7 Å². The number of ether oxygens (including phenoxy) is 1. The fraction of sp³-hybridized carbons (Fsp3) is 0.412. The van der Waals surface area contributed by atoms with Gasteiger partial charge in [0.1, 0.15) is 17.1 Å². The van der Waals surface area contributed by atoms with Gasteiger partial charge in [-0.1, -0.05) is 20.8 Å². The molecule has 112 valence electrons. The third kappa shape index (κ3) is 2.89. The average molecular weight is 289 g/mol. The van der Waals surface area contributed by atoms with Crippen molar-refractivity contribution in [3.8, 4) is 5.75 Å². The fourth-order valence-electron chi connectivity index (χ4n) is 2.21. The minimum Gasteiger partial charge on any atom is -0.426 e. The highest BCUT2D eigenvalue weighted by molar-refractivity contribution is 5.90. The summed E-state index contributed by atoms with van der Waals surface area (Å²) in [6, 6.07) is 3.36. The molecule has 0 spiro atoms. The lowest BCUT2D eigenvalue weighted by Crippen LogP contribution is -2.12. The third-order valence-electron chi connectivity index (χ3n) is 3.58. The van der Waals surface area contributed by atoms with Gasteiger partial charge in [-0.3, -0.25) is 4.79 Å². The first-order valence-corrected chi connectivity index (χ1v) is 6.90. The monoisotopic (exact) mass is 289 g/mol. The Morgan fingerprint density at radius 3 is 2.38 bits per heavy atom. The Morgan fingerprint density at radius 1 is 1.24 bits per heavy atom. The summed E-state index contributed by atoms with van der Waals surface area (Å²) in [7, 11) is 0. The second-order valence-corrected chi connectivity index (χ2v) is 6.35. The molecule has 2 aromatic rings. The molecule has 0 N–H and O–H groups in total. The number of aryl methyl sites for hydroxylation is 1. The Kier molecular flexibility index (Phi) is 3.74. The van der Waals surface area contributed by atoms with Gasteiger partial charge in [-0.05, 0) is 37.0 Å². The highest BCUT2D eigenvalue weighted by Crippen LogP contribution is 2.35. The van der Waals surface area contributed by atoms with Crippen molar-refractivity contribution in [1.82, 2.24) is 4.98 Å². The van der Waals surface area contributed by atoms with E-state index in [0.29, 0.717) is 16.8 Å². The Hall–Kier alpha value is -1.97. The summed E-state index contributed by atoms with van der Waals surface area (Å²) >= 11 is 0. The molecule has 21 heavy (non-hydrogen) atoms. The maximum absolute atomic E-state index is 14.4. The topological polar surface area (TPSA) is 39.2 Å². The lowest BCUT2D eigenvalue weighted by atomic mass is 9.86. The van der Waals surface area contributed by atoms with Crippen LogP contribution in [-0.4, -0.2) is 11.0 Å². The van der Waals surface area contributed by atoms with Crippen LogP contribution in [0.15, 0.2) is 12.1 Å². The smallest absolute Gasteiger partial charge is 0.308 e. The van der Waals surface area contributed by atoms with Crippen LogP contribution in [0.2, 0.25) is 0 Å². The van der Waals surface area contributed by atoms with E-state index in [4.69, 9.17) is 4.74 Å². The second kappa shape index (κ2) is 5.10. The molecule has 0 aliphatic heterocycles. The van der Waals surface area contributed by atoms with Gasteiger partial charge >= 0.3 is 5.97 Å². The zero-order chi connectivity index (χ0) is 15.9. The van der Waals surface area contributed by atoms with E-state index in [-0.39, 0.29) is 10.9 Å². The number of halogens is 1. The van der Waals surface area contributed by atoms with Crippen molar-refractivity contribution in [1.29, 1.82) is 0 Å². The number of fused-ring (bicyclic) bond motifs is 1. The Morgan fingerprint density at radius 2 is 1.86 bits per heavy atom. The molecule has 1 heterocycles. The highest BCUT2D eigenvalue weighted by atomic mass is 19.1. The normalized spacial score (nSPS) is 11.8. The number of hydrogen-bond acceptors (Lipinski definition) is 3. The molecule has 0 radical (unpaired) electrons. The van der Waals surface area contributed by atoms with Gasteiger partial charge in [0, 0.05) is 23.6 Å². The number of benzene rings is 1. The molecule has 0 atom stereocenters. The van der Waals surface area contributed by atoms with E-state index in [0.717, 1.165) is 11.1 Å². The van der Waals surface area contributed by atoms with E-state index >= 15 is 0 Å². The molecule has 0 amide bonds. The molecule has 3 nitrogen and oxygen atoms in total. The van der Waals surface area contributed by atoms with Crippen molar-refractivity contribution in [2.45, 2.75) is 47.0 Å². The van der Waals surface area contributed by atoms with Crippen molar-refractivity contribution in [3.63, 3.8) is 0 Å². The number of hydrogen-bond donors (Lipinski definition) is 0. The van der Waals surface area contributed by atoms with E-state index in [1.165, 1.54) is 13.0 Å². The third-order valence-corrected chi connectivity index (χ3v) is 3.58. The van der Waals surface area contributed by atoms with E-state index in [2.05, 4.69) is 4.98 Å². The predicted octanol–water partition coefficient (Wildman–Crippen LogP) is 4.21. The standard InChI is InChI=1S/C17H20FNO2/c1-9-10(2)19-15-13(16(9)21-11(3)20)7-12(8-14(15)18)17(4,5)6/h7-8H,1-6H3.